The number of ether oxygens (including phenoxy) is 1. The minimum absolute atomic E-state index is 0.466. The summed E-state index contributed by atoms with van der Waals surface area (Å²) in [5.74, 6) is 1.76. The van der Waals surface area contributed by atoms with Crippen LogP contribution in [0.4, 0.5) is 0 Å². The molecule has 0 bridgehead atoms. The number of fused-ring (bicyclic) bond motifs is 1. The third-order valence-electron chi connectivity index (χ3n) is 2.47. The van der Waals surface area contributed by atoms with Gasteiger partial charge in [-0.15, -0.1) is 0 Å². The average Bonchev–Trinajstić information content (AvgIpc) is 2.36. The molecular formula is C8H13NO. The zero-order valence-electron chi connectivity index (χ0n) is 6.10. The third-order valence-corrected chi connectivity index (χ3v) is 2.47. The van der Waals surface area contributed by atoms with Crippen molar-refractivity contribution in [3.63, 3.8) is 0 Å². The van der Waals surface area contributed by atoms with E-state index in [0.717, 1.165) is 24.8 Å². The monoisotopic (exact) mass is 139 g/mol. The highest BCUT2D eigenvalue weighted by Crippen LogP contribution is 2.28. The van der Waals surface area contributed by atoms with Gasteiger partial charge in [-0.2, -0.15) is 0 Å². The van der Waals surface area contributed by atoms with E-state index in [9.17, 15) is 0 Å². The highest BCUT2D eigenvalue weighted by molar-refractivity contribution is 5.06. The summed E-state index contributed by atoms with van der Waals surface area (Å²) in [4.78, 5) is 0. The van der Waals surface area contributed by atoms with Crippen molar-refractivity contribution in [3.8, 4) is 0 Å². The van der Waals surface area contributed by atoms with Gasteiger partial charge in [0.15, 0.2) is 0 Å². The molecule has 56 valence electrons. The van der Waals surface area contributed by atoms with Crippen LogP contribution in [-0.2, 0) is 4.74 Å². The Morgan fingerprint density at radius 3 is 3.20 bits per heavy atom. The van der Waals surface area contributed by atoms with Gasteiger partial charge in [-0.1, -0.05) is 6.58 Å². The van der Waals surface area contributed by atoms with E-state index in [-0.39, 0.29) is 0 Å². The molecule has 0 radical (unpaired) electrons. The molecule has 0 aromatic heterocycles. The van der Waals surface area contributed by atoms with Crippen LogP contribution in [0.5, 0.6) is 0 Å². The van der Waals surface area contributed by atoms with E-state index in [2.05, 4.69) is 11.9 Å². The summed E-state index contributed by atoms with van der Waals surface area (Å²) in [5.41, 5.74) is 0. The Hall–Kier alpha value is -0.500. The van der Waals surface area contributed by atoms with Crippen LogP contribution in [0.2, 0.25) is 0 Å². The second-order valence-electron chi connectivity index (χ2n) is 3.08. The van der Waals surface area contributed by atoms with E-state index in [4.69, 9.17) is 4.74 Å². The van der Waals surface area contributed by atoms with Gasteiger partial charge in [-0.25, -0.2) is 0 Å². The Morgan fingerprint density at radius 2 is 2.40 bits per heavy atom. The van der Waals surface area contributed by atoms with E-state index >= 15 is 0 Å². The highest BCUT2D eigenvalue weighted by Gasteiger charge is 2.32. The van der Waals surface area contributed by atoms with Crippen molar-refractivity contribution in [1.82, 2.24) is 5.32 Å². The molecule has 2 rings (SSSR count). The molecule has 0 aromatic rings. The standard InChI is InChI=1S/C8H13NO/c1-6-8-7(2-4-9-8)3-5-10-6/h7-9H,1-5H2. The molecule has 0 saturated carbocycles. The van der Waals surface area contributed by atoms with Crippen LogP contribution in [0.15, 0.2) is 12.3 Å². The van der Waals surface area contributed by atoms with Gasteiger partial charge in [0.25, 0.3) is 0 Å². The van der Waals surface area contributed by atoms with Crippen molar-refractivity contribution in [2.45, 2.75) is 18.9 Å². The lowest BCUT2D eigenvalue weighted by Crippen LogP contribution is -2.34. The Bertz CT molecular complexity index is 155. The van der Waals surface area contributed by atoms with Crippen LogP contribution >= 0.6 is 0 Å². The second kappa shape index (κ2) is 2.27. The lowest BCUT2D eigenvalue weighted by Gasteiger charge is -2.27. The van der Waals surface area contributed by atoms with Gasteiger partial charge in [-0.3, -0.25) is 0 Å². The summed E-state index contributed by atoms with van der Waals surface area (Å²) in [7, 11) is 0. The van der Waals surface area contributed by atoms with Crippen molar-refractivity contribution >= 4 is 0 Å². The van der Waals surface area contributed by atoms with Gasteiger partial charge in [-0.05, 0) is 25.3 Å². The molecule has 2 saturated heterocycles. The Morgan fingerprint density at radius 1 is 1.50 bits per heavy atom. The molecule has 2 atom stereocenters. The fraction of sp³-hybridized carbons (Fsp3) is 0.750. The van der Waals surface area contributed by atoms with E-state index in [0.29, 0.717) is 6.04 Å². The van der Waals surface area contributed by atoms with Crippen molar-refractivity contribution in [1.29, 1.82) is 0 Å². The maximum atomic E-state index is 5.33. The van der Waals surface area contributed by atoms with Gasteiger partial charge < -0.3 is 10.1 Å². The summed E-state index contributed by atoms with van der Waals surface area (Å²) in [5, 5.41) is 3.38. The number of rotatable bonds is 0. The predicted molar refractivity (Wildman–Crippen MR) is 39.6 cm³/mol. The topological polar surface area (TPSA) is 21.3 Å². The summed E-state index contributed by atoms with van der Waals surface area (Å²) in [6.07, 6.45) is 2.50. The van der Waals surface area contributed by atoms with Crippen LogP contribution in [0.25, 0.3) is 0 Å². The fourth-order valence-corrected chi connectivity index (χ4v) is 1.88. The van der Waals surface area contributed by atoms with Crippen molar-refractivity contribution in [2.75, 3.05) is 13.2 Å². The molecule has 0 aliphatic carbocycles. The van der Waals surface area contributed by atoms with Gasteiger partial charge in [0.2, 0.25) is 0 Å². The predicted octanol–water partition coefficient (Wildman–Crippen LogP) is 0.898. The van der Waals surface area contributed by atoms with Gasteiger partial charge in [0, 0.05) is 0 Å². The first kappa shape index (κ1) is 6.23. The van der Waals surface area contributed by atoms with Gasteiger partial charge in [0.05, 0.1) is 12.6 Å². The third kappa shape index (κ3) is 0.833. The van der Waals surface area contributed by atoms with Crippen LogP contribution in [0.3, 0.4) is 0 Å². The molecule has 10 heavy (non-hydrogen) atoms. The molecule has 2 heterocycles. The first-order chi connectivity index (χ1) is 4.88. The second-order valence-corrected chi connectivity index (χ2v) is 3.08. The van der Waals surface area contributed by atoms with Crippen molar-refractivity contribution < 1.29 is 4.74 Å². The molecule has 0 spiro atoms. The zero-order chi connectivity index (χ0) is 6.97. The maximum absolute atomic E-state index is 5.33. The first-order valence-electron chi connectivity index (χ1n) is 3.93. The molecule has 1 N–H and O–H groups in total. The van der Waals surface area contributed by atoms with Crippen LogP contribution in [0.1, 0.15) is 12.8 Å². The lowest BCUT2D eigenvalue weighted by atomic mass is 9.94. The normalized spacial score (nSPS) is 39.0. The highest BCUT2D eigenvalue weighted by atomic mass is 16.5. The Balaban J connectivity index is 2.10. The minimum atomic E-state index is 0.466. The molecule has 2 aliphatic rings. The number of hydrogen-bond donors (Lipinski definition) is 1. The zero-order valence-corrected chi connectivity index (χ0v) is 6.10. The summed E-state index contributed by atoms with van der Waals surface area (Å²) >= 11 is 0. The van der Waals surface area contributed by atoms with Crippen LogP contribution < -0.4 is 5.32 Å². The lowest BCUT2D eigenvalue weighted by molar-refractivity contribution is 0.121. The smallest absolute Gasteiger partial charge is 0.106 e. The fourth-order valence-electron chi connectivity index (χ4n) is 1.88. The minimum Gasteiger partial charge on any atom is -0.497 e. The molecule has 0 aromatic carbocycles. The van der Waals surface area contributed by atoms with Crippen molar-refractivity contribution in [2.24, 2.45) is 5.92 Å². The Labute approximate surface area is 61.3 Å². The van der Waals surface area contributed by atoms with E-state index in [1.54, 1.807) is 0 Å². The molecule has 0 amide bonds. The largest absolute Gasteiger partial charge is 0.497 e. The average molecular weight is 139 g/mol. The summed E-state index contributed by atoms with van der Waals surface area (Å²) in [6, 6.07) is 0.466. The van der Waals surface area contributed by atoms with Crippen LogP contribution in [-0.4, -0.2) is 19.2 Å². The SMILES string of the molecule is C=C1OCCC2CCNC12. The molecule has 2 aliphatic heterocycles. The quantitative estimate of drug-likeness (QED) is 0.538. The van der Waals surface area contributed by atoms with Gasteiger partial charge in [0.1, 0.15) is 5.76 Å². The molecular weight excluding hydrogens is 126 g/mol. The molecule has 2 unspecified atom stereocenters. The number of hydrogen-bond acceptors (Lipinski definition) is 2. The van der Waals surface area contributed by atoms with E-state index < -0.39 is 0 Å². The first-order valence-corrected chi connectivity index (χ1v) is 3.93. The molecule has 2 fully saturated rings. The van der Waals surface area contributed by atoms with Crippen LogP contribution in [0, 0.1) is 5.92 Å². The molecule has 2 nitrogen and oxygen atoms in total. The number of nitrogens with one attached hydrogen (secondary N) is 1. The summed E-state index contributed by atoms with van der Waals surface area (Å²) < 4.78 is 5.33. The van der Waals surface area contributed by atoms with Crippen molar-refractivity contribution in [3.05, 3.63) is 12.3 Å². The maximum Gasteiger partial charge on any atom is 0.106 e. The van der Waals surface area contributed by atoms with E-state index in [1.165, 1.54) is 12.8 Å². The summed E-state index contributed by atoms with van der Waals surface area (Å²) in [6.45, 7) is 5.89. The Kier molecular flexibility index (Phi) is 1.42. The molecule has 2 heteroatoms. The van der Waals surface area contributed by atoms with Gasteiger partial charge >= 0.3 is 0 Å². The van der Waals surface area contributed by atoms with E-state index in [1.807, 2.05) is 0 Å².